The number of nitrogens with zero attached hydrogens (tertiary/aromatic N) is 2. The normalized spacial score (nSPS) is 10.5. The summed E-state index contributed by atoms with van der Waals surface area (Å²) in [4.78, 5) is 21.0. The van der Waals surface area contributed by atoms with Crippen LogP contribution >= 0.6 is 0 Å². The highest BCUT2D eigenvalue weighted by atomic mass is 16.1. The van der Waals surface area contributed by atoms with E-state index < -0.39 is 0 Å². The summed E-state index contributed by atoms with van der Waals surface area (Å²) in [5, 5.41) is 6.14. The molecule has 1 aromatic heterocycles. The van der Waals surface area contributed by atoms with Crippen molar-refractivity contribution in [3.05, 3.63) is 46.8 Å². The van der Waals surface area contributed by atoms with Gasteiger partial charge in [0.15, 0.2) is 0 Å². The molecule has 1 amide bonds. The van der Waals surface area contributed by atoms with Gasteiger partial charge in [-0.05, 0) is 44.4 Å². The van der Waals surface area contributed by atoms with E-state index in [9.17, 15) is 4.79 Å². The summed E-state index contributed by atoms with van der Waals surface area (Å²) < 4.78 is 0. The van der Waals surface area contributed by atoms with Crippen molar-refractivity contribution in [3.63, 3.8) is 0 Å². The van der Waals surface area contributed by atoms with Gasteiger partial charge in [-0.3, -0.25) is 4.79 Å². The molecule has 1 aromatic carbocycles. The zero-order chi connectivity index (χ0) is 17.5. The van der Waals surface area contributed by atoms with Crippen LogP contribution in [0, 0.1) is 20.8 Å². The molecular weight excluding hydrogens is 300 g/mol. The van der Waals surface area contributed by atoms with Crippen molar-refractivity contribution in [2.24, 2.45) is 0 Å². The van der Waals surface area contributed by atoms with E-state index in [2.05, 4.69) is 39.7 Å². The highest BCUT2D eigenvalue weighted by Crippen LogP contribution is 2.22. The molecule has 2 rings (SSSR count). The smallest absolute Gasteiger partial charge is 0.274 e. The molecule has 0 fully saturated rings. The molecule has 2 aromatic rings. The van der Waals surface area contributed by atoms with Gasteiger partial charge in [-0.25, -0.2) is 9.97 Å². The van der Waals surface area contributed by atoms with E-state index in [0.29, 0.717) is 11.6 Å². The van der Waals surface area contributed by atoms with E-state index in [1.807, 2.05) is 20.8 Å². The predicted molar refractivity (Wildman–Crippen MR) is 98.7 cm³/mol. The standard InChI is InChI=1S/C19H26N4O/c1-5-6-7-9-20-19-21-10-8-16(22-19)18(24)23-17-14(3)11-13(2)12-15(17)4/h8,10-12H,5-7,9H2,1-4H3,(H,23,24)(H,20,21,22). The zero-order valence-corrected chi connectivity index (χ0v) is 14.9. The second-order valence-electron chi connectivity index (χ2n) is 6.13. The van der Waals surface area contributed by atoms with E-state index in [-0.39, 0.29) is 5.91 Å². The highest BCUT2D eigenvalue weighted by molar-refractivity contribution is 6.03. The Morgan fingerprint density at radius 2 is 1.83 bits per heavy atom. The number of hydrogen-bond donors (Lipinski definition) is 2. The van der Waals surface area contributed by atoms with Crippen LogP contribution in [0.5, 0.6) is 0 Å². The van der Waals surface area contributed by atoms with Gasteiger partial charge >= 0.3 is 0 Å². The molecule has 0 saturated carbocycles. The van der Waals surface area contributed by atoms with Gasteiger partial charge < -0.3 is 10.6 Å². The molecule has 0 atom stereocenters. The molecule has 0 aliphatic rings. The molecule has 0 aliphatic carbocycles. The van der Waals surface area contributed by atoms with Crippen molar-refractivity contribution in [2.45, 2.75) is 47.0 Å². The van der Waals surface area contributed by atoms with E-state index >= 15 is 0 Å². The quantitative estimate of drug-likeness (QED) is 0.746. The first-order chi connectivity index (χ1) is 11.5. The molecule has 0 bridgehead atoms. The number of aromatic nitrogens is 2. The SMILES string of the molecule is CCCCCNc1nccc(C(=O)Nc2c(C)cc(C)cc2C)n1. The minimum Gasteiger partial charge on any atom is -0.354 e. The number of benzene rings is 1. The lowest BCUT2D eigenvalue weighted by Crippen LogP contribution is -2.17. The first-order valence-electron chi connectivity index (χ1n) is 8.47. The van der Waals surface area contributed by atoms with Crippen LogP contribution in [0.3, 0.4) is 0 Å². The molecule has 128 valence electrons. The second-order valence-corrected chi connectivity index (χ2v) is 6.13. The number of aryl methyl sites for hydroxylation is 3. The lowest BCUT2D eigenvalue weighted by atomic mass is 10.1. The molecule has 0 saturated heterocycles. The summed E-state index contributed by atoms with van der Waals surface area (Å²) >= 11 is 0. The zero-order valence-electron chi connectivity index (χ0n) is 14.9. The number of rotatable bonds is 7. The first-order valence-corrected chi connectivity index (χ1v) is 8.47. The molecule has 2 N–H and O–H groups in total. The molecule has 5 nitrogen and oxygen atoms in total. The van der Waals surface area contributed by atoms with Crippen molar-refractivity contribution in [2.75, 3.05) is 17.2 Å². The lowest BCUT2D eigenvalue weighted by Gasteiger charge is -2.13. The van der Waals surface area contributed by atoms with E-state index in [1.165, 1.54) is 18.4 Å². The summed E-state index contributed by atoms with van der Waals surface area (Å²) in [6, 6.07) is 5.75. The minimum absolute atomic E-state index is 0.218. The Labute approximate surface area is 143 Å². The Kier molecular flexibility index (Phi) is 6.29. The van der Waals surface area contributed by atoms with Crippen LogP contribution in [-0.2, 0) is 0 Å². The van der Waals surface area contributed by atoms with Gasteiger partial charge in [-0.15, -0.1) is 0 Å². The Morgan fingerprint density at radius 3 is 2.50 bits per heavy atom. The van der Waals surface area contributed by atoms with Crippen LogP contribution in [-0.4, -0.2) is 22.4 Å². The van der Waals surface area contributed by atoms with Crippen LogP contribution in [0.25, 0.3) is 0 Å². The summed E-state index contributed by atoms with van der Waals surface area (Å²) in [5.41, 5.74) is 4.49. The predicted octanol–water partition coefficient (Wildman–Crippen LogP) is 4.26. The summed E-state index contributed by atoms with van der Waals surface area (Å²) in [6.45, 7) is 9.02. The van der Waals surface area contributed by atoms with Gasteiger partial charge in [-0.1, -0.05) is 37.5 Å². The first kappa shape index (κ1) is 17.9. The van der Waals surface area contributed by atoms with Gasteiger partial charge in [0, 0.05) is 18.4 Å². The largest absolute Gasteiger partial charge is 0.354 e. The fourth-order valence-corrected chi connectivity index (χ4v) is 2.70. The van der Waals surface area contributed by atoms with Crippen LogP contribution in [0.4, 0.5) is 11.6 Å². The van der Waals surface area contributed by atoms with Crippen molar-refractivity contribution >= 4 is 17.5 Å². The molecule has 0 aliphatic heterocycles. The third kappa shape index (κ3) is 4.78. The van der Waals surface area contributed by atoms with Crippen molar-refractivity contribution in [1.29, 1.82) is 0 Å². The second kappa shape index (κ2) is 8.43. The van der Waals surface area contributed by atoms with Gasteiger partial charge in [0.2, 0.25) is 5.95 Å². The van der Waals surface area contributed by atoms with Gasteiger partial charge in [0.1, 0.15) is 5.69 Å². The maximum atomic E-state index is 12.5. The Balaban J connectivity index is 2.07. The van der Waals surface area contributed by atoms with Crippen LogP contribution in [0.1, 0.15) is 53.4 Å². The van der Waals surface area contributed by atoms with Crippen LogP contribution < -0.4 is 10.6 Å². The lowest BCUT2D eigenvalue weighted by molar-refractivity contribution is 0.102. The van der Waals surface area contributed by atoms with Crippen molar-refractivity contribution < 1.29 is 4.79 Å². The molecular formula is C19H26N4O. The number of nitrogens with one attached hydrogen (secondary N) is 2. The number of carbonyl (C=O) groups is 1. The van der Waals surface area contributed by atoms with E-state index in [4.69, 9.17) is 0 Å². The Bertz CT molecular complexity index is 689. The number of amides is 1. The third-order valence-electron chi connectivity index (χ3n) is 3.87. The number of carbonyl (C=O) groups excluding carboxylic acids is 1. The summed E-state index contributed by atoms with van der Waals surface area (Å²) in [6.07, 6.45) is 5.01. The fraction of sp³-hybridized carbons (Fsp3) is 0.421. The minimum atomic E-state index is -0.218. The number of anilines is 2. The number of unbranched alkanes of at least 4 members (excludes halogenated alkanes) is 2. The molecule has 0 unspecified atom stereocenters. The topological polar surface area (TPSA) is 66.9 Å². The Hall–Kier alpha value is -2.43. The van der Waals surface area contributed by atoms with Gasteiger partial charge in [0.25, 0.3) is 5.91 Å². The summed E-state index contributed by atoms with van der Waals surface area (Å²) in [7, 11) is 0. The third-order valence-corrected chi connectivity index (χ3v) is 3.87. The maximum Gasteiger partial charge on any atom is 0.274 e. The van der Waals surface area contributed by atoms with E-state index in [0.717, 1.165) is 29.8 Å². The monoisotopic (exact) mass is 326 g/mol. The van der Waals surface area contributed by atoms with Gasteiger partial charge in [0.05, 0.1) is 0 Å². The average molecular weight is 326 g/mol. The fourth-order valence-electron chi connectivity index (χ4n) is 2.70. The van der Waals surface area contributed by atoms with E-state index in [1.54, 1.807) is 12.3 Å². The molecule has 0 spiro atoms. The molecule has 24 heavy (non-hydrogen) atoms. The average Bonchev–Trinajstić information content (AvgIpc) is 2.55. The maximum absolute atomic E-state index is 12.5. The van der Waals surface area contributed by atoms with Crippen LogP contribution in [0.15, 0.2) is 24.4 Å². The summed E-state index contributed by atoms with van der Waals surface area (Å²) in [5.74, 6) is 0.278. The molecule has 1 heterocycles. The van der Waals surface area contributed by atoms with Gasteiger partial charge in [-0.2, -0.15) is 0 Å². The van der Waals surface area contributed by atoms with Crippen LogP contribution in [0.2, 0.25) is 0 Å². The number of hydrogen-bond acceptors (Lipinski definition) is 4. The van der Waals surface area contributed by atoms with Crippen molar-refractivity contribution in [1.82, 2.24) is 9.97 Å². The highest BCUT2D eigenvalue weighted by Gasteiger charge is 2.12. The van der Waals surface area contributed by atoms with Crippen molar-refractivity contribution in [3.8, 4) is 0 Å². The molecule has 0 radical (unpaired) electrons. The molecule has 5 heteroatoms. The Morgan fingerprint density at radius 1 is 1.12 bits per heavy atom.